The van der Waals surface area contributed by atoms with Gasteiger partial charge < -0.3 is 20.8 Å². The van der Waals surface area contributed by atoms with Gasteiger partial charge >= 0.3 is 12.0 Å². The first-order chi connectivity index (χ1) is 11.9. The summed E-state index contributed by atoms with van der Waals surface area (Å²) in [5, 5.41) is 22.9. The zero-order valence-electron chi connectivity index (χ0n) is 14.9. The van der Waals surface area contributed by atoms with Gasteiger partial charge in [0.25, 0.3) is 0 Å². The fourth-order valence-electron chi connectivity index (χ4n) is 1.79. The summed E-state index contributed by atoms with van der Waals surface area (Å²) in [5.41, 5.74) is -1.77. The zero-order chi connectivity index (χ0) is 20.0. The van der Waals surface area contributed by atoms with E-state index >= 15 is 0 Å². The maximum atomic E-state index is 12.1. The number of carboxylic acid groups (broad SMARTS) is 1. The lowest BCUT2D eigenvalue weighted by molar-refractivity contribution is -0.155. The molecule has 0 aromatic heterocycles. The van der Waals surface area contributed by atoms with Gasteiger partial charge in [0.2, 0.25) is 10.0 Å². The number of anilines is 1. The van der Waals surface area contributed by atoms with Gasteiger partial charge in [-0.25, -0.2) is 22.7 Å². The van der Waals surface area contributed by atoms with Gasteiger partial charge in [0, 0.05) is 12.2 Å². The molecule has 1 aromatic rings. The smallest absolute Gasteiger partial charge is 0.337 e. The topological polar surface area (TPSA) is 145 Å². The Morgan fingerprint density at radius 3 is 2.27 bits per heavy atom. The number of sulfonamides is 1. The van der Waals surface area contributed by atoms with Crippen molar-refractivity contribution in [2.24, 2.45) is 5.92 Å². The number of carbonyl (C=O) groups is 2. The molecule has 0 saturated carbocycles. The summed E-state index contributed by atoms with van der Waals surface area (Å²) in [7, 11) is -3.62. The van der Waals surface area contributed by atoms with Crippen LogP contribution in [-0.4, -0.2) is 49.3 Å². The molecule has 1 unspecified atom stereocenters. The normalized spacial score (nSPS) is 13.9. The molecule has 26 heavy (non-hydrogen) atoms. The van der Waals surface area contributed by atoms with Crippen molar-refractivity contribution in [3.8, 4) is 0 Å². The van der Waals surface area contributed by atoms with Crippen LogP contribution in [0.25, 0.3) is 0 Å². The first-order valence-electron chi connectivity index (χ1n) is 8.04. The highest BCUT2D eigenvalue weighted by Gasteiger charge is 2.30. The van der Waals surface area contributed by atoms with Crippen molar-refractivity contribution >= 4 is 27.7 Å². The average Bonchev–Trinajstić information content (AvgIpc) is 2.53. The number of carboxylic acids is 1. The maximum absolute atomic E-state index is 12.1. The molecule has 1 rings (SSSR count). The Labute approximate surface area is 152 Å². The molecule has 0 bridgehead atoms. The second-order valence-electron chi connectivity index (χ2n) is 6.49. The number of carbonyl (C=O) groups excluding carboxylic acids is 1. The molecule has 1 aromatic carbocycles. The third-order valence-corrected chi connectivity index (χ3v) is 4.97. The molecule has 1 atom stereocenters. The van der Waals surface area contributed by atoms with E-state index in [-0.39, 0.29) is 4.90 Å². The molecule has 0 spiro atoms. The fourth-order valence-corrected chi connectivity index (χ4v) is 2.83. The van der Waals surface area contributed by atoms with E-state index in [1.165, 1.54) is 24.3 Å². The van der Waals surface area contributed by atoms with Gasteiger partial charge in [0.15, 0.2) is 5.60 Å². The maximum Gasteiger partial charge on any atom is 0.337 e. The van der Waals surface area contributed by atoms with E-state index in [0.29, 0.717) is 18.2 Å². The molecular weight excluding hydrogens is 362 g/mol. The minimum absolute atomic E-state index is 0.0704. The van der Waals surface area contributed by atoms with Crippen LogP contribution in [0.15, 0.2) is 29.2 Å². The van der Waals surface area contributed by atoms with Crippen LogP contribution in [0.1, 0.15) is 27.2 Å². The summed E-state index contributed by atoms with van der Waals surface area (Å²) in [4.78, 5) is 22.5. The van der Waals surface area contributed by atoms with E-state index in [2.05, 4.69) is 15.4 Å². The Morgan fingerprint density at radius 2 is 1.77 bits per heavy atom. The van der Waals surface area contributed by atoms with Crippen molar-refractivity contribution in [1.82, 2.24) is 10.0 Å². The number of urea groups is 1. The molecule has 146 valence electrons. The lowest BCUT2D eigenvalue weighted by atomic mass is 10.1. The molecule has 0 aliphatic heterocycles. The van der Waals surface area contributed by atoms with Crippen LogP contribution in [0.4, 0.5) is 10.5 Å². The van der Waals surface area contributed by atoms with Crippen LogP contribution in [-0.2, 0) is 14.8 Å². The van der Waals surface area contributed by atoms with Crippen molar-refractivity contribution in [2.45, 2.75) is 37.7 Å². The van der Waals surface area contributed by atoms with E-state index in [0.717, 1.165) is 13.3 Å². The highest BCUT2D eigenvalue weighted by molar-refractivity contribution is 7.89. The predicted octanol–water partition coefficient (Wildman–Crippen LogP) is 0.968. The van der Waals surface area contributed by atoms with Crippen LogP contribution in [0.2, 0.25) is 0 Å². The number of hydrogen-bond donors (Lipinski definition) is 5. The molecular formula is C16H25N3O6S. The molecule has 2 amide bonds. The van der Waals surface area contributed by atoms with Crippen LogP contribution in [0.3, 0.4) is 0 Å². The van der Waals surface area contributed by atoms with Crippen molar-refractivity contribution in [3.05, 3.63) is 24.3 Å². The standard InChI is InChI=1S/C16H25N3O6S/c1-11(2)8-9-18-26(24,25)13-6-4-12(5-7-13)19-15(22)17-10-16(3,23)14(20)21/h4-7,11,18,23H,8-10H2,1-3H3,(H,20,21)(H2,17,19,22). The minimum atomic E-state index is -3.62. The van der Waals surface area contributed by atoms with Crippen LogP contribution >= 0.6 is 0 Å². The number of rotatable bonds is 9. The van der Waals surface area contributed by atoms with Gasteiger partial charge in [-0.2, -0.15) is 0 Å². The third-order valence-electron chi connectivity index (χ3n) is 3.49. The molecule has 9 nitrogen and oxygen atoms in total. The molecule has 0 heterocycles. The first-order valence-corrected chi connectivity index (χ1v) is 9.53. The van der Waals surface area contributed by atoms with Gasteiger partial charge in [-0.15, -0.1) is 0 Å². The number of hydrogen-bond acceptors (Lipinski definition) is 5. The molecule has 0 saturated heterocycles. The lowest BCUT2D eigenvalue weighted by Gasteiger charge is -2.18. The average molecular weight is 387 g/mol. The van der Waals surface area contributed by atoms with Gasteiger partial charge in [-0.1, -0.05) is 13.8 Å². The highest BCUT2D eigenvalue weighted by Crippen LogP contribution is 2.14. The monoisotopic (exact) mass is 387 g/mol. The van der Waals surface area contributed by atoms with Crippen molar-refractivity contribution in [2.75, 3.05) is 18.4 Å². The third kappa shape index (κ3) is 6.98. The molecule has 0 aliphatic carbocycles. The second-order valence-corrected chi connectivity index (χ2v) is 8.26. The molecule has 0 aliphatic rings. The molecule has 5 N–H and O–H groups in total. The Balaban J connectivity index is 2.61. The number of benzene rings is 1. The van der Waals surface area contributed by atoms with Gasteiger partial charge in [-0.05, 0) is 43.5 Å². The zero-order valence-corrected chi connectivity index (χ0v) is 15.8. The molecule has 0 fully saturated rings. The lowest BCUT2D eigenvalue weighted by Crippen LogP contribution is -2.47. The van der Waals surface area contributed by atoms with Crippen molar-refractivity contribution in [1.29, 1.82) is 0 Å². The second kappa shape index (κ2) is 8.97. The minimum Gasteiger partial charge on any atom is -0.479 e. The fraction of sp³-hybridized carbons (Fsp3) is 0.500. The quantitative estimate of drug-likeness (QED) is 0.427. The highest BCUT2D eigenvalue weighted by atomic mass is 32.2. The predicted molar refractivity (Wildman–Crippen MR) is 96.4 cm³/mol. The number of amides is 2. The summed E-state index contributed by atoms with van der Waals surface area (Å²) in [6.07, 6.45) is 0.721. The van der Waals surface area contributed by atoms with Gasteiger partial charge in [0.05, 0.1) is 11.4 Å². The Bertz CT molecular complexity index is 729. The summed E-state index contributed by atoms with van der Waals surface area (Å²) >= 11 is 0. The summed E-state index contributed by atoms with van der Waals surface area (Å²) in [5.74, 6) is -1.08. The van der Waals surface area contributed by atoms with E-state index < -0.39 is 34.2 Å². The number of nitrogens with one attached hydrogen (secondary N) is 3. The summed E-state index contributed by atoms with van der Waals surface area (Å²) in [6.45, 7) is 4.90. The van der Waals surface area contributed by atoms with Crippen LogP contribution in [0.5, 0.6) is 0 Å². The summed E-state index contributed by atoms with van der Waals surface area (Å²) < 4.78 is 26.8. The SMILES string of the molecule is CC(C)CCNS(=O)(=O)c1ccc(NC(=O)NCC(C)(O)C(=O)O)cc1. The van der Waals surface area contributed by atoms with E-state index in [1.807, 2.05) is 13.8 Å². The van der Waals surface area contributed by atoms with Crippen LogP contribution in [0, 0.1) is 5.92 Å². The van der Waals surface area contributed by atoms with Gasteiger partial charge in [0.1, 0.15) is 0 Å². The Hall–Kier alpha value is -2.17. The van der Waals surface area contributed by atoms with Gasteiger partial charge in [-0.3, -0.25) is 0 Å². The number of aliphatic hydroxyl groups is 1. The largest absolute Gasteiger partial charge is 0.479 e. The first kappa shape index (κ1) is 21.9. The van der Waals surface area contributed by atoms with Crippen molar-refractivity contribution in [3.63, 3.8) is 0 Å². The molecule has 0 radical (unpaired) electrons. The van der Waals surface area contributed by atoms with E-state index in [9.17, 15) is 23.1 Å². The van der Waals surface area contributed by atoms with Crippen molar-refractivity contribution < 1.29 is 28.2 Å². The van der Waals surface area contributed by atoms with E-state index in [4.69, 9.17) is 5.11 Å². The summed E-state index contributed by atoms with van der Waals surface area (Å²) in [6, 6.07) is 4.79. The van der Waals surface area contributed by atoms with Crippen LogP contribution < -0.4 is 15.4 Å². The molecule has 10 heteroatoms. The Kier molecular flexibility index (Phi) is 7.54. The Morgan fingerprint density at radius 1 is 1.19 bits per heavy atom. The number of aliphatic carboxylic acids is 1. The van der Waals surface area contributed by atoms with E-state index in [1.54, 1.807) is 0 Å².